The number of rotatable bonds is 6. The Morgan fingerprint density at radius 3 is 1.75 bits per heavy atom. The Hall–Kier alpha value is -2.29. The van der Waals surface area contributed by atoms with Gasteiger partial charge in [0.2, 0.25) is 6.41 Å². The lowest BCUT2D eigenvalue weighted by Crippen LogP contribution is -2.29. The second kappa shape index (κ2) is 7.52. The molecule has 128 valence electrons. The van der Waals surface area contributed by atoms with E-state index in [4.69, 9.17) is 0 Å². The van der Waals surface area contributed by atoms with E-state index in [0.29, 0.717) is 6.54 Å². The van der Waals surface area contributed by atoms with E-state index >= 15 is 0 Å². The average molecular weight is 324 g/mol. The van der Waals surface area contributed by atoms with Gasteiger partial charge in [-0.25, -0.2) is 0 Å². The molecule has 3 heteroatoms. The molecule has 24 heavy (non-hydrogen) atoms. The second-order valence-corrected chi connectivity index (χ2v) is 6.75. The van der Waals surface area contributed by atoms with Gasteiger partial charge in [-0.2, -0.15) is 0 Å². The Balaban J connectivity index is 2.12. The molecule has 0 fully saturated rings. The van der Waals surface area contributed by atoms with Gasteiger partial charge in [-0.05, 0) is 63.8 Å². The van der Waals surface area contributed by atoms with Crippen LogP contribution >= 0.6 is 0 Å². The lowest BCUT2D eigenvalue weighted by molar-refractivity contribution is -0.107. The molecule has 1 amide bonds. The minimum absolute atomic E-state index is 0.640. The summed E-state index contributed by atoms with van der Waals surface area (Å²) in [5.74, 6) is 0. The molecule has 0 aliphatic carbocycles. The van der Waals surface area contributed by atoms with E-state index in [1.807, 2.05) is 0 Å². The summed E-state index contributed by atoms with van der Waals surface area (Å²) >= 11 is 0. The highest BCUT2D eigenvalue weighted by molar-refractivity contribution is 5.79. The molecule has 0 aliphatic rings. The number of anilines is 2. The summed E-state index contributed by atoms with van der Waals surface area (Å²) in [5.41, 5.74) is 9.46. The van der Waals surface area contributed by atoms with Gasteiger partial charge < -0.3 is 10.2 Å². The predicted molar refractivity (Wildman–Crippen MR) is 103 cm³/mol. The van der Waals surface area contributed by atoms with Gasteiger partial charge in [0, 0.05) is 24.5 Å². The number of benzene rings is 2. The monoisotopic (exact) mass is 324 g/mol. The summed E-state index contributed by atoms with van der Waals surface area (Å²) in [4.78, 5) is 13.4. The molecular formula is C21H28N2O. The number of nitrogens with one attached hydrogen (secondary N) is 1. The van der Waals surface area contributed by atoms with Crippen molar-refractivity contribution in [1.82, 2.24) is 0 Å². The zero-order chi connectivity index (χ0) is 17.9. The van der Waals surface area contributed by atoms with Crippen LogP contribution in [-0.2, 0) is 4.79 Å². The van der Waals surface area contributed by atoms with Crippen molar-refractivity contribution in [2.24, 2.45) is 0 Å². The first-order chi connectivity index (χ1) is 11.3. The van der Waals surface area contributed by atoms with Gasteiger partial charge in [-0.1, -0.05) is 35.4 Å². The fraction of sp³-hybridized carbons (Fsp3) is 0.381. The molecule has 0 saturated carbocycles. The number of carbonyl (C=O) groups is 1. The molecule has 2 aromatic rings. The van der Waals surface area contributed by atoms with Crippen LogP contribution in [0.1, 0.15) is 33.4 Å². The molecular weight excluding hydrogens is 296 g/mol. The molecule has 0 unspecified atom stereocenters. The van der Waals surface area contributed by atoms with Gasteiger partial charge in [0.1, 0.15) is 0 Å². The Bertz CT molecular complexity index is 703. The maximum Gasteiger partial charge on any atom is 0.214 e. The third-order valence-electron chi connectivity index (χ3n) is 4.38. The van der Waals surface area contributed by atoms with Crippen LogP contribution < -0.4 is 10.2 Å². The van der Waals surface area contributed by atoms with Gasteiger partial charge in [-0.3, -0.25) is 4.79 Å². The quantitative estimate of drug-likeness (QED) is 0.787. The van der Waals surface area contributed by atoms with Gasteiger partial charge in [0.15, 0.2) is 0 Å². The molecule has 0 heterocycles. The first-order valence-corrected chi connectivity index (χ1v) is 8.45. The van der Waals surface area contributed by atoms with Crippen molar-refractivity contribution < 1.29 is 4.79 Å². The number of carbonyl (C=O) groups excluding carboxylic acids is 1. The lowest BCUT2D eigenvalue weighted by atomic mass is 10.0. The molecule has 0 radical (unpaired) electrons. The second-order valence-electron chi connectivity index (χ2n) is 6.75. The molecule has 1 N–H and O–H groups in total. The van der Waals surface area contributed by atoms with Crippen LogP contribution in [0.25, 0.3) is 0 Å². The smallest absolute Gasteiger partial charge is 0.214 e. The predicted octanol–water partition coefficient (Wildman–Crippen LogP) is 4.61. The first-order valence-electron chi connectivity index (χ1n) is 8.45. The van der Waals surface area contributed by atoms with Crippen molar-refractivity contribution in [2.45, 2.75) is 41.5 Å². The first kappa shape index (κ1) is 18.1. The fourth-order valence-electron chi connectivity index (χ4n) is 3.60. The molecule has 0 aliphatic heterocycles. The van der Waals surface area contributed by atoms with E-state index in [-0.39, 0.29) is 0 Å². The Kier molecular flexibility index (Phi) is 5.66. The number of amides is 1. The summed E-state index contributed by atoms with van der Waals surface area (Å²) < 4.78 is 0. The minimum Gasteiger partial charge on any atom is -0.383 e. The van der Waals surface area contributed by atoms with Crippen molar-refractivity contribution in [3.63, 3.8) is 0 Å². The van der Waals surface area contributed by atoms with Gasteiger partial charge in [0.05, 0.1) is 0 Å². The molecule has 0 spiro atoms. The normalized spacial score (nSPS) is 10.6. The van der Waals surface area contributed by atoms with E-state index in [9.17, 15) is 4.79 Å². The van der Waals surface area contributed by atoms with Crippen LogP contribution in [-0.4, -0.2) is 19.5 Å². The van der Waals surface area contributed by atoms with E-state index in [2.05, 4.69) is 71.1 Å². The van der Waals surface area contributed by atoms with Crippen LogP contribution in [0.15, 0.2) is 24.3 Å². The van der Waals surface area contributed by atoms with Crippen molar-refractivity contribution in [1.29, 1.82) is 0 Å². The molecule has 0 atom stereocenters. The topological polar surface area (TPSA) is 32.3 Å². The maximum absolute atomic E-state index is 11.6. The summed E-state index contributed by atoms with van der Waals surface area (Å²) in [6.45, 7) is 13.9. The van der Waals surface area contributed by atoms with Crippen molar-refractivity contribution >= 4 is 17.8 Å². The Labute approximate surface area is 145 Å². The number of nitrogens with zero attached hydrogens (tertiary/aromatic N) is 1. The SMILES string of the molecule is Cc1cc(C)c(NCCN(C=O)c2c(C)cc(C)cc2C)c(C)c1. The Morgan fingerprint density at radius 1 is 0.833 bits per heavy atom. The van der Waals surface area contributed by atoms with Crippen molar-refractivity contribution in [3.05, 3.63) is 57.6 Å². The molecule has 2 rings (SSSR count). The molecule has 0 saturated heterocycles. The largest absolute Gasteiger partial charge is 0.383 e. The van der Waals surface area contributed by atoms with Crippen LogP contribution in [0.5, 0.6) is 0 Å². The van der Waals surface area contributed by atoms with Crippen LogP contribution in [0, 0.1) is 41.5 Å². The van der Waals surface area contributed by atoms with Crippen LogP contribution in [0.4, 0.5) is 11.4 Å². The zero-order valence-electron chi connectivity index (χ0n) is 15.7. The third-order valence-corrected chi connectivity index (χ3v) is 4.38. The molecule has 0 aromatic heterocycles. The van der Waals surface area contributed by atoms with E-state index in [1.54, 1.807) is 4.90 Å². The third kappa shape index (κ3) is 3.97. The zero-order valence-corrected chi connectivity index (χ0v) is 15.7. The van der Waals surface area contributed by atoms with Crippen molar-refractivity contribution in [3.8, 4) is 0 Å². The highest BCUT2D eigenvalue weighted by Gasteiger charge is 2.12. The van der Waals surface area contributed by atoms with Crippen LogP contribution in [0.3, 0.4) is 0 Å². The average Bonchev–Trinajstić information content (AvgIpc) is 2.46. The fourth-order valence-corrected chi connectivity index (χ4v) is 3.60. The van der Waals surface area contributed by atoms with Crippen molar-refractivity contribution in [2.75, 3.05) is 23.3 Å². The van der Waals surface area contributed by atoms with E-state index in [0.717, 1.165) is 29.8 Å². The lowest BCUT2D eigenvalue weighted by Gasteiger charge is -2.23. The molecule has 0 bridgehead atoms. The van der Waals surface area contributed by atoms with Crippen LogP contribution in [0.2, 0.25) is 0 Å². The molecule has 3 nitrogen and oxygen atoms in total. The highest BCUT2D eigenvalue weighted by Crippen LogP contribution is 2.26. The number of hydrogen-bond acceptors (Lipinski definition) is 2. The van der Waals surface area contributed by atoms with Gasteiger partial charge in [-0.15, -0.1) is 0 Å². The van der Waals surface area contributed by atoms with E-state index in [1.165, 1.54) is 27.9 Å². The molecule has 2 aromatic carbocycles. The summed E-state index contributed by atoms with van der Waals surface area (Å²) in [7, 11) is 0. The summed E-state index contributed by atoms with van der Waals surface area (Å²) in [5, 5.41) is 3.49. The standard InChI is InChI=1S/C21H28N2O/c1-14-9-16(3)20(17(4)10-14)22-7-8-23(13-24)21-18(5)11-15(2)12-19(21)6/h9-13,22H,7-8H2,1-6H3. The minimum atomic E-state index is 0.640. The maximum atomic E-state index is 11.6. The highest BCUT2D eigenvalue weighted by atomic mass is 16.1. The van der Waals surface area contributed by atoms with Gasteiger partial charge >= 0.3 is 0 Å². The van der Waals surface area contributed by atoms with E-state index < -0.39 is 0 Å². The summed E-state index contributed by atoms with van der Waals surface area (Å²) in [6, 6.07) is 8.61. The number of aryl methyl sites for hydroxylation is 6. The number of hydrogen-bond donors (Lipinski definition) is 1. The Morgan fingerprint density at radius 2 is 1.29 bits per heavy atom. The summed E-state index contributed by atoms with van der Waals surface area (Å²) in [6.07, 6.45) is 0.932. The van der Waals surface area contributed by atoms with Gasteiger partial charge in [0.25, 0.3) is 0 Å².